The van der Waals surface area contributed by atoms with Gasteiger partial charge in [0.25, 0.3) is 0 Å². The first-order chi connectivity index (χ1) is 4.31. The first-order valence-corrected chi connectivity index (χ1v) is 3.88. The van der Waals surface area contributed by atoms with E-state index in [1.807, 2.05) is 26.0 Å². The topological polar surface area (TPSA) is 18.5 Å². The van der Waals surface area contributed by atoms with Gasteiger partial charge in [0.15, 0.2) is 0 Å². The molecule has 0 aromatic carbocycles. The average molecular weight is 146 g/mol. The van der Waals surface area contributed by atoms with Crippen molar-refractivity contribution in [1.82, 2.24) is 0 Å². The Morgan fingerprint density at radius 1 is 1.67 bits per heavy atom. The van der Waals surface area contributed by atoms with Gasteiger partial charge in [0.1, 0.15) is 16.8 Å². The summed E-state index contributed by atoms with van der Waals surface area (Å²) in [5.74, 6) is 0. The SMILES string of the molecule is CC=CCOC(C)O[SiH3]. The van der Waals surface area contributed by atoms with Crippen molar-refractivity contribution in [2.24, 2.45) is 0 Å². The molecule has 0 radical (unpaired) electrons. The van der Waals surface area contributed by atoms with Crippen LogP contribution >= 0.6 is 0 Å². The van der Waals surface area contributed by atoms with Crippen LogP contribution in [0.2, 0.25) is 0 Å². The third kappa shape index (κ3) is 5.75. The van der Waals surface area contributed by atoms with E-state index in [1.54, 1.807) is 0 Å². The number of allylic oxidation sites excluding steroid dienone is 1. The zero-order valence-corrected chi connectivity index (χ0v) is 8.26. The van der Waals surface area contributed by atoms with Crippen LogP contribution in [-0.2, 0) is 9.16 Å². The predicted molar refractivity (Wildman–Crippen MR) is 41.3 cm³/mol. The van der Waals surface area contributed by atoms with E-state index in [9.17, 15) is 0 Å². The summed E-state index contributed by atoms with van der Waals surface area (Å²) >= 11 is 0. The molecule has 9 heavy (non-hydrogen) atoms. The molecule has 54 valence electrons. The third-order valence-electron chi connectivity index (χ3n) is 0.995. The lowest BCUT2D eigenvalue weighted by Crippen LogP contribution is -2.10. The smallest absolute Gasteiger partial charge is 0.149 e. The highest BCUT2D eigenvalue weighted by Crippen LogP contribution is 1.88. The van der Waals surface area contributed by atoms with Gasteiger partial charge in [-0.3, -0.25) is 0 Å². The van der Waals surface area contributed by atoms with Crippen LogP contribution in [0.4, 0.5) is 0 Å². The van der Waals surface area contributed by atoms with E-state index < -0.39 is 0 Å². The van der Waals surface area contributed by atoms with Gasteiger partial charge in [-0.05, 0) is 13.8 Å². The Hall–Kier alpha value is -0.123. The molecule has 0 aliphatic carbocycles. The highest BCUT2D eigenvalue weighted by molar-refractivity contribution is 5.98. The molecular formula is C6H14O2Si. The highest BCUT2D eigenvalue weighted by Gasteiger charge is 1.92. The Morgan fingerprint density at radius 3 is 2.78 bits per heavy atom. The Balaban J connectivity index is 3.06. The zero-order chi connectivity index (χ0) is 7.11. The lowest BCUT2D eigenvalue weighted by Gasteiger charge is -2.08. The molecule has 0 saturated carbocycles. The van der Waals surface area contributed by atoms with Crippen molar-refractivity contribution in [3.8, 4) is 0 Å². The normalized spacial score (nSPS) is 14.9. The fourth-order valence-electron chi connectivity index (χ4n) is 0.355. The third-order valence-corrected chi connectivity index (χ3v) is 1.66. The number of ether oxygens (including phenoxy) is 1. The molecule has 0 rings (SSSR count). The summed E-state index contributed by atoms with van der Waals surface area (Å²) < 4.78 is 10.1. The molecule has 0 N–H and O–H groups in total. The average Bonchev–Trinajstić information content (AvgIpc) is 1.89. The molecule has 1 unspecified atom stereocenters. The van der Waals surface area contributed by atoms with Crippen LogP contribution in [0.15, 0.2) is 12.2 Å². The quantitative estimate of drug-likeness (QED) is 0.321. The van der Waals surface area contributed by atoms with Crippen LogP contribution in [0.1, 0.15) is 13.8 Å². The molecule has 0 aliphatic heterocycles. The minimum Gasteiger partial charge on any atom is -0.404 e. The van der Waals surface area contributed by atoms with Crippen LogP contribution in [0.3, 0.4) is 0 Å². The maximum atomic E-state index is 5.16. The monoisotopic (exact) mass is 146 g/mol. The van der Waals surface area contributed by atoms with Gasteiger partial charge >= 0.3 is 0 Å². The summed E-state index contributed by atoms with van der Waals surface area (Å²) in [4.78, 5) is 0. The molecular weight excluding hydrogens is 132 g/mol. The van der Waals surface area contributed by atoms with Gasteiger partial charge in [0, 0.05) is 0 Å². The summed E-state index contributed by atoms with van der Waals surface area (Å²) in [5.41, 5.74) is 0. The predicted octanol–water partition coefficient (Wildman–Crippen LogP) is 0.222. The molecule has 0 saturated heterocycles. The van der Waals surface area contributed by atoms with Crippen LogP contribution in [0, 0.1) is 0 Å². The molecule has 0 bridgehead atoms. The Bertz CT molecular complexity index is 83.1. The Kier molecular flexibility index (Phi) is 5.92. The second-order valence-electron chi connectivity index (χ2n) is 1.71. The number of rotatable bonds is 4. The fraction of sp³-hybridized carbons (Fsp3) is 0.667. The molecule has 1 atom stereocenters. The lowest BCUT2D eigenvalue weighted by molar-refractivity contribution is -0.0506. The molecule has 0 fully saturated rings. The van der Waals surface area contributed by atoms with Crippen molar-refractivity contribution in [2.45, 2.75) is 20.1 Å². The second-order valence-corrected chi connectivity index (χ2v) is 2.18. The van der Waals surface area contributed by atoms with E-state index in [4.69, 9.17) is 9.16 Å². The highest BCUT2D eigenvalue weighted by atomic mass is 28.2. The van der Waals surface area contributed by atoms with E-state index in [-0.39, 0.29) is 6.29 Å². The van der Waals surface area contributed by atoms with Gasteiger partial charge in [0.05, 0.1) is 6.61 Å². The van der Waals surface area contributed by atoms with Crippen LogP contribution in [-0.4, -0.2) is 23.4 Å². The Morgan fingerprint density at radius 2 is 2.33 bits per heavy atom. The van der Waals surface area contributed by atoms with Gasteiger partial charge in [-0.1, -0.05) is 12.2 Å². The molecule has 0 aliphatic rings. The summed E-state index contributed by atoms with van der Waals surface area (Å²) in [6.07, 6.45) is 3.88. The minimum atomic E-state index is -0.0344. The van der Waals surface area contributed by atoms with Crippen molar-refractivity contribution < 1.29 is 9.16 Å². The first kappa shape index (κ1) is 8.88. The maximum absolute atomic E-state index is 5.16. The van der Waals surface area contributed by atoms with E-state index in [0.29, 0.717) is 6.61 Å². The van der Waals surface area contributed by atoms with Crippen LogP contribution < -0.4 is 0 Å². The lowest BCUT2D eigenvalue weighted by atomic mass is 10.5. The molecule has 0 aromatic heterocycles. The fourth-order valence-corrected chi connectivity index (χ4v) is 0.491. The van der Waals surface area contributed by atoms with Crippen LogP contribution in [0.5, 0.6) is 0 Å². The van der Waals surface area contributed by atoms with E-state index in [1.165, 1.54) is 0 Å². The van der Waals surface area contributed by atoms with Crippen molar-refractivity contribution in [2.75, 3.05) is 6.61 Å². The molecule has 0 aromatic rings. The van der Waals surface area contributed by atoms with Crippen molar-refractivity contribution in [3.63, 3.8) is 0 Å². The number of hydrogen-bond acceptors (Lipinski definition) is 2. The summed E-state index contributed by atoms with van der Waals surface area (Å²) in [5, 5.41) is 0. The maximum Gasteiger partial charge on any atom is 0.149 e. The van der Waals surface area contributed by atoms with E-state index in [2.05, 4.69) is 0 Å². The van der Waals surface area contributed by atoms with Gasteiger partial charge in [-0.2, -0.15) is 0 Å². The van der Waals surface area contributed by atoms with E-state index in [0.717, 1.165) is 10.5 Å². The molecule has 2 nitrogen and oxygen atoms in total. The summed E-state index contributed by atoms with van der Waals surface area (Å²) in [6.45, 7) is 4.52. The minimum absolute atomic E-state index is 0.0344. The summed E-state index contributed by atoms with van der Waals surface area (Å²) in [7, 11) is 0.742. The van der Waals surface area contributed by atoms with Crippen LogP contribution in [0.25, 0.3) is 0 Å². The molecule has 0 heterocycles. The van der Waals surface area contributed by atoms with Gasteiger partial charge < -0.3 is 9.16 Å². The molecule has 0 amide bonds. The van der Waals surface area contributed by atoms with Crippen molar-refractivity contribution >= 4 is 10.5 Å². The summed E-state index contributed by atoms with van der Waals surface area (Å²) in [6, 6.07) is 0. The molecule has 3 heteroatoms. The standard InChI is InChI=1S/C6H14O2Si/c1-3-4-5-7-6(2)8-9/h3-4,6H,5H2,1-2,9H3. The largest absolute Gasteiger partial charge is 0.404 e. The second kappa shape index (κ2) is 6.00. The zero-order valence-electron chi connectivity index (χ0n) is 6.26. The molecule has 0 spiro atoms. The number of hydrogen-bond donors (Lipinski definition) is 0. The van der Waals surface area contributed by atoms with Crippen molar-refractivity contribution in [3.05, 3.63) is 12.2 Å². The Labute approximate surface area is 59.4 Å². The first-order valence-electron chi connectivity index (χ1n) is 3.06. The van der Waals surface area contributed by atoms with Gasteiger partial charge in [0.2, 0.25) is 0 Å². The van der Waals surface area contributed by atoms with Gasteiger partial charge in [-0.25, -0.2) is 0 Å². The van der Waals surface area contributed by atoms with Gasteiger partial charge in [-0.15, -0.1) is 0 Å². The van der Waals surface area contributed by atoms with Crippen molar-refractivity contribution in [1.29, 1.82) is 0 Å². The van der Waals surface area contributed by atoms with E-state index >= 15 is 0 Å².